The van der Waals surface area contributed by atoms with E-state index in [4.69, 9.17) is 14.2 Å². The molecule has 0 spiro atoms. The number of ether oxygens (including phenoxy) is 3. The molecule has 9 heteroatoms. The molecule has 0 aliphatic heterocycles. The van der Waals surface area contributed by atoms with E-state index in [1.807, 2.05) is 0 Å². The summed E-state index contributed by atoms with van der Waals surface area (Å²) in [6.45, 7) is -0.380. The zero-order valence-electron chi connectivity index (χ0n) is 15.5. The second-order valence-electron chi connectivity index (χ2n) is 5.75. The summed E-state index contributed by atoms with van der Waals surface area (Å²) in [7, 11) is -1.79. The number of anilines is 1. The molecule has 0 bridgehead atoms. The highest BCUT2D eigenvalue weighted by molar-refractivity contribution is 7.90. The highest BCUT2D eigenvalue weighted by atomic mass is 32.2. The van der Waals surface area contributed by atoms with E-state index < -0.39 is 28.3 Å². The van der Waals surface area contributed by atoms with Gasteiger partial charge in [0.2, 0.25) is 0 Å². The van der Waals surface area contributed by atoms with Gasteiger partial charge >= 0.3 is 5.97 Å². The average Bonchev–Trinajstić information content (AvgIpc) is 2.66. The summed E-state index contributed by atoms with van der Waals surface area (Å²) < 4.78 is 38.3. The molecule has 0 atom stereocenters. The van der Waals surface area contributed by atoms with Crippen LogP contribution in [0, 0.1) is 0 Å². The number of amides is 1. The van der Waals surface area contributed by atoms with Crippen LogP contribution in [0.1, 0.15) is 6.42 Å². The fourth-order valence-electron chi connectivity index (χ4n) is 2.18. The van der Waals surface area contributed by atoms with Gasteiger partial charge in [-0.15, -0.1) is 0 Å². The fourth-order valence-corrected chi connectivity index (χ4v) is 2.81. The Balaban J connectivity index is 1.72. The van der Waals surface area contributed by atoms with E-state index in [1.54, 1.807) is 24.3 Å². The van der Waals surface area contributed by atoms with Crippen molar-refractivity contribution in [2.75, 3.05) is 31.9 Å². The number of nitrogens with one attached hydrogen (secondary N) is 1. The Morgan fingerprint density at radius 1 is 1.00 bits per heavy atom. The maximum absolute atomic E-state index is 11.8. The zero-order valence-corrected chi connectivity index (χ0v) is 16.3. The molecule has 0 heterocycles. The number of hydrogen-bond donors (Lipinski definition) is 1. The molecule has 1 amide bonds. The van der Waals surface area contributed by atoms with E-state index in [0.29, 0.717) is 17.2 Å². The molecule has 0 saturated carbocycles. The minimum Gasteiger partial charge on any atom is -0.493 e. The first-order chi connectivity index (χ1) is 13.3. The van der Waals surface area contributed by atoms with Crippen LogP contribution < -0.4 is 14.8 Å². The van der Waals surface area contributed by atoms with E-state index in [-0.39, 0.29) is 17.9 Å². The quantitative estimate of drug-likeness (QED) is 0.634. The highest BCUT2D eigenvalue weighted by Crippen LogP contribution is 2.25. The van der Waals surface area contributed by atoms with Gasteiger partial charge in [0.25, 0.3) is 5.91 Å². The van der Waals surface area contributed by atoms with Crippen LogP contribution in [-0.4, -0.2) is 46.9 Å². The minimum absolute atomic E-state index is 0.0333. The lowest BCUT2D eigenvalue weighted by Gasteiger charge is -2.10. The molecule has 8 nitrogen and oxygen atoms in total. The molecule has 150 valence electrons. The Morgan fingerprint density at radius 2 is 1.64 bits per heavy atom. The molecule has 0 saturated heterocycles. The van der Waals surface area contributed by atoms with Gasteiger partial charge in [0, 0.05) is 11.9 Å². The number of hydrogen-bond acceptors (Lipinski definition) is 7. The van der Waals surface area contributed by atoms with E-state index >= 15 is 0 Å². The predicted octanol–water partition coefficient (Wildman–Crippen LogP) is 2.05. The molecular formula is C19H21NO7S. The largest absolute Gasteiger partial charge is 0.493 e. The number of rotatable bonds is 9. The van der Waals surface area contributed by atoms with Crippen molar-refractivity contribution in [3.63, 3.8) is 0 Å². The van der Waals surface area contributed by atoms with Gasteiger partial charge in [0.15, 0.2) is 27.9 Å². The number of benzene rings is 2. The third-order valence-corrected chi connectivity index (χ3v) is 4.69. The highest BCUT2D eigenvalue weighted by Gasteiger charge is 2.11. The lowest BCUT2D eigenvalue weighted by atomic mass is 10.3. The smallest absolute Gasteiger partial charge is 0.309 e. The third-order valence-electron chi connectivity index (χ3n) is 3.56. The summed E-state index contributed by atoms with van der Waals surface area (Å²) in [4.78, 5) is 23.7. The molecule has 0 unspecified atom stereocenters. The van der Waals surface area contributed by atoms with E-state index in [0.717, 1.165) is 6.26 Å². The second kappa shape index (κ2) is 9.75. The molecule has 2 rings (SSSR count). The molecule has 0 aliphatic carbocycles. The van der Waals surface area contributed by atoms with E-state index in [2.05, 4.69) is 5.32 Å². The SMILES string of the molecule is COc1ccccc1OCCC(=O)OCC(=O)Nc1ccc(S(C)(=O)=O)cc1. The molecule has 2 aromatic rings. The molecule has 1 N–H and O–H groups in total. The molecule has 0 radical (unpaired) electrons. The second-order valence-corrected chi connectivity index (χ2v) is 7.77. The maximum Gasteiger partial charge on any atom is 0.309 e. The first-order valence-electron chi connectivity index (χ1n) is 8.31. The van der Waals surface area contributed by atoms with Crippen molar-refractivity contribution < 1.29 is 32.2 Å². The van der Waals surface area contributed by atoms with E-state index in [1.165, 1.54) is 31.4 Å². The molecule has 2 aromatic carbocycles. The Kier molecular flexibility index (Phi) is 7.39. The van der Waals surface area contributed by atoms with Crippen LogP contribution in [-0.2, 0) is 24.2 Å². The van der Waals surface area contributed by atoms with Crippen LogP contribution in [0.2, 0.25) is 0 Å². The van der Waals surface area contributed by atoms with Crippen molar-refractivity contribution >= 4 is 27.4 Å². The van der Waals surface area contributed by atoms with Gasteiger partial charge in [0.05, 0.1) is 25.0 Å². The number of carbonyl (C=O) groups excluding carboxylic acids is 2. The summed E-state index contributed by atoms with van der Waals surface area (Å²) in [6.07, 6.45) is 1.06. The van der Waals surface area contributed by atoms with Gasteiger partial charge < -0.3 is 19.5 Å². The molecule has 28 heavy (non-hydrogen) atoms. The predicted molar refractivity (Wildman–Crippen MR) is 102 cm³/mol. The van der Waals surface area contributed by atoms with Gasteiger partial charge in [-0.25, -0.2) is 8.42 Å². The molecule has 0 aromatic heterocycles. The van der Waals surface area contributed by atoms with Crippen molar-refractivity contribution in [1.29, 1.82) is 0 Å². The van der Waals surface area contributed by atoms with E-state index in [9.17, 15) is 18.0 Å². The molecule has 0 aliphatic rings. The summed E-state index contributed by atoms with van der Waals surface area (Å²) >= 11 is 0. The van der Waals surface area contributed by atoms with Crippen LogP contribution in [0.15, 0.2) is 53.4 Å². The van der Waals surface area contributed by atoms with Gasteiger partial charge in [-0.05, 0) is 36.4 Å². The number of para-hydroxylation sites is 2. The van der Waals surface area contributed by atoms with Crippen LogP contribution in [0.4, 0.5) is 5.69 Å². The van der Waals surface area contributed by atoms with Crippen molar-refractivity contribution in [1.82, 2.24) is 0 Å². The number of esters is 1. The minimum atomic E-state index is -3.30. The average molecular weight is 407 g/mol. The standard InChI is InChI=1S/C19H21NO7S/c1-25-16-5-3-4-6-17(16)26-12-11-19(22)27-13-18(21)20-14-7-9-15(10-8-14)28(2,23)24/h3-10H,11-13H2,1-2H3,(H,20,21). The number of carbonyl (C=O) groups is 2. The Morgan fingerprint density at radius 3 is 2.25 bits per heavy atom. The van der Waals surface area contributed by atoms with Crippen molar-refractivity contribution in [2.24, 2.45) is 0 Å². The van der Waals surface area contributed by atoms with Crippen LogP contribution in [0.5, 0.6) is 11.5 Å². The Hall–Kier alpha value is -3.07. The van der Waals surface area contributed by atoms with Gasteiger partial charge in [-0.3, -0.25) is 9.59 Å². The van der Waals surface area contributed by atoms with Gasteiger partial charge in [-0.2, -0.15) is 0 Å². The summed E-state index contributed by atoms with van der Waals surface area (Å²) in [6, 6.07) is 12.7. The lowest BCUT2D eigenvalue weighted by Crippen LogP contribution is -2.21. The van der Waals surface area contributed by atoms with Crippen molar-refractivity contribution in [2.45, 2.75) is 11.3 Å². The maximum atomic E-state index is 11.8. The fraction of sp³-hybridized carbons (Fsp3) is 0.263. The number of sulfone groups is 1. The zero-order chi connectivity index (χ0) is 20.6. The summed E-state index contributed by atoms with van der Waals surface area (Å²) in [5, 5.41) is 2.51. The first kappa shape index (κ1) is 21.2. The first-order valence-corrected chi connectivity index (χ1v) is 10.2. The normalized spacial score (nSPS) is 10.8. The van der Waals surface area contributed by atoms with Crippen LogP contribution >= 0.6 is 0 Å². The van der Waals surface area contributed by atoms with Gasteiger partial charge in [-0.1, -0.05) is 12.1 Å². The summed E-state index contributed by atoms with van der Waals surface area (Å²) in [5.41, 5.74) is 0.396. The van der Waals surface area contributed by atoms with Crippen molar-refractivity contribution in [3.8, 4) is 11.5 Å². The lowest BCUT2D eigenvalue weighted by molar-refractivity contribution is -0.147. The third kappa shape index (κ3) is 6.58. The van der Waals surface area contributed by atoms with Crippen LogP contribution in [0.3, 0.4) is 0 Å². The number of methoxy groups -OCH3 is 1. The molecular weight excluding hydrogens is 386 g/mol. The van der Waals surface area contributed by atoms with Crippen molar-refractivity contribution in [3.05, 3.63) is 48.5 Å². The monoisotopic (exact) mass is 407 g/mol. The Bertz CT molecular complexity index is 924. The Labute approximate surface area is 163 Å². The van der Waals surface area contributed by atoms with Gasteiger partial charge in [0.1, 0.15) is 0 Å². The van der Waals surface area contributed by atoms with Crippen LogP contribution in [0.25, 0.3) is 0 Å². The molecule has 0 fully saturated rings. The summed E-state index contributed by atoms with van der Waals surface area (Å²) in [5.74, 6) is -0.0613. The topological polar surface area (TPSA) is 108 Å².